The van der Waals surface area contributed by atoms with E-state index in [1.54, 1.807) is 0 Å². The highest BCUT2D eigenvalue weighted by Gasteiger charge is 2.10. The minimum absolute atomic E-state index is 0.0870. The molecule has 0 aliphatic heterocycles. The second-order valence-electron chi connectivity index (χ2n) is 6.88. The second kappa shape index (κ2) is 8.67. The van der Waals surface area contributed by atoms with Crippen molar-refractivity contribution in [3.05, 3.63) is 70.1 Å². The fraction of sp³-hybridized carbons (Fsp3) is 0.333. The Bertz CT molecular complexity index is 918. The first-order chi connectivity index (χ1) is 13.0. The fourth-order valence-electron chi connectivity index (χ4n) is 3.03. The normalized spacial score (nSPS) is 11.5. The van der Waals surface area contributed by atoms with Gasteiger partial charge in [0.25, 0.3) is 5.91 Å². The van der Waals surface area contributed by atoms with Gasteiger partial charge in [0.1, 0.15) is 5.65 Å². The summed E-state index contributed by atoms with van der Waals surface area (Å²) in [5.41, 5.74) is 3.57. The zero-order chi connectivity index (χ0) is 19.4. The zero-order valence-electron chi connectivity index (χ0n) is 15.9. The molecule has 1 N–H and O–H groups in total. The van der Waals surface area contributed by atoms with Gasteiger partial charge in [0.15, 0.2) is 0 Å². The number of fused-ring (bicyclic) bond motifs is 1. The van der Waals surface area contributed by atoms with Crippen molar-refractivity contribution in [3.8, 4) is 0 Å². The van der Waals surface area contributed by atoms with Crippen molar-refractivity contribution in [2.24, 2.45) is 0 Å². The average Bonchev–Trinajstić information content (AvgIpc) is 3.06. The molecule has 142 valence electrons. The first kappa shape index (κ1) is 19.6. The lowest BCUT2D eigenvalue weighted by molar-refractivity contribution is 0.0950. The van der Waals surface area contributed by atoms with Crippen molar-refractivity contribution in [3.63, 3.8) is 0 Å². The van der Waals surface area contributed by atoms with E-state index in [1.807, 2.05) is 53.2 Å². The first-order valence-electron chi connectivity index (χ1n) is 9.20. The van der Waals surface area contributed by atoms with Gasteiger partial charge in [-0.25, -0.2) is 4.98 Å². The number of rotatable bonds is 7. The predicted octanol–water partition coefficient (Wildman–Crippen LogP) is 4.26. The summed E-state index contributed by atoms with van der Waals surface area (Å²) in [5.74, 6) is -0.0870. The summed E-state index contributed by atoms with van der Waals surface area (Å²) in [6.07, 6.45) is 3.87. The van der Waals surface area contributed by atoms with Gasteiger partial charge in [-0.1, -0.05) is 19.1 Å². The predicted molar refractivity (Wildman–Crippen MR) is 112 cm³/mol. The van der Waals surface area contributed by atoms with Gasteiger partial charge in [-0.2, -0.15) is 0 Å². The lowest BCUT2D eigenvalue weighted by Crippen LogP contribution is -2.30. The summed E-state index contributed by atoms with van der Waals surface area (Å²) < 4.78 is 2.93. The Balaban J connectivity index is 1.60. The van der Waals surface area contributed by atoms with Crippen LogP contribution in [0.2, 0.25) is 0 Å². The third-order valence-electron chi connectivity index (χ3n) is 4.63. The Labute approximate surface area is 168 Å². The second-order valence-corrected chi connectivity index (χ2v) is 7.80. The monoisotopic (exact) mass is 428 g/mol. The smallest absolute Gasteiger partial charge is 0.251 e. The highest BCUT2D eigenvalue weighted by atomic mass is 79.9. The number of pyridine rings is 1. The number of hydrogen-bond donors (Lipinski definition) is 1. The topological polar surface area (TPSA) is 49.6 Å². The molecule has 3 aromatic rings. The van der Waals surface area contributed by atoms with E-state index in [4.69, 9.17) is 0 Å². The molecule has 27 heavy (non-hydrogen) atoms. The van der Waals surface area contributed by atoms with Gasteiger partial charge >= 0.3 is 0 Å². The summed E-state index contributed by atoms with van der Waals surface area (Å²) in [5, 5.41) is 2.94. The summed E-state index contributed by atoms with van der Waals surface area (Å²) in [4.78, 5) is 19.3. The number of halogens is 1. The van der Waals surface area contributed by atoms with E-state index >= 15 is 0 Å². The zero-order valence-corrected chi connectivity index (χ0v) is 17.5. The Morgan fingerprint density at radius 2 is 1.93 bits per heavy atom. The van der Waals surface area contributed by atoms with Crippen molar-refractivity contribution in [2.45, 2.75) is 39.9 Å². The number of aromatic nitrogens is 2. The summed E-state index contributed by atoms with van der Waals surface area (Å²) in [7, 11) is 0. The van der Waals surface area contributed by atoms with E-state index in [9.17, 15) is 4.79 Å². The first-order valence-corrected chi connectivity index (χ1v) is 10.00. The molecule has 2 aromatic heterocycles. The van der Waals surface area contributed by atoms with Crippen LogP contribution in [0.15, 0.2) is 53.3 Å². The largest absolute Gasteiger partial charge is 0.346 e. The van der Waals surface area contributed by atoms with Gasteiger partial charge in [-0.3, -0.25) is 9.69 Å². The Hall–Kier alpha value is -2.18. The number of nitrogens with zero attached hydrogens (tertiary/aromatic N) is 3. The van der Waals surface area contributed by atoms with Crippen molar-refractivity contribution in [2.75, 3.05) is 6.54 Å². The lowest BCUT2D eigenvalue weighted by Gasteiger charge is -2.24. The maximum absolute atomic E-state index is 12.4. The Kier molecular flexibility index (Phi) is 6.29. The van der Waals surface area contributed by atoms with Crippen LogP contribution in [0.4, 0.5) is 0 Å². The highest BCUT2D eigenvalue weighted by Crippen LogP contribution is 2.13. The standard InChI is InChI=1S/C21H25BrN4O/c1-4-25(15(2)3)12-16-5-7-17(8-6-16)21(27)23-11-19-14-26-13-18(22)9-10-20(26)24-19/h5-10,13-15H,4,11-12H2,1-3H3,(H,23,27). The van der Waals surface area contributed by atoms with E-state index < -0.39 is 0 Å². The maximum Gasteiger partial charge on any atom is 0.251 e. The average molecular weight is 429 g/mol. The summed E-state index contributed by atoms with van der Waals surface area (Å²) in [6.45, 7) is 8.87. The fourth-order valence-corrected chi connectivity index (χ4v) is 3.38. The molecule has 0 spiro atoms. The van der Waals surface area contributed by atoms with Crippen molar-refractivity contribution >= 4 is 27.5 Å². The van der Waals surface area contributed by atoms with Crippen molar-refractivity contribution < 1.29 is 4.79 Å². The lowest BCUT2D eigenvalue weighted by atomic mass is 10.1. The van der Waals surface area contributed by atoms with E-state index in [-0.39, 0.29) is 5.91 Å². The molecule has 1 amide bonds. The summed E-state index contributed by atoms with van der Waals surface area (Å²) in [6, 6.07) is 12.2. The molecule has 5 nitrogen and oxygen atoms in total. The van der Waals surface area contributed by atoms with Crippen LogP contribution in [0, 0.1) is 0 Å². The van der Waals surface area contributed by atoms with Crippen LogP contribution < -0.4 is 5.32 Å². The van der Waals surface area contributed by atoms with Crippen LogP contribution in [0.1, 0.15) is 42.4 Å². The van der Waals surface area contributed by atoms with Gasteiger partial charge in [0.2, 0.25) is 0 Å². The van der Waals surface area contributed by atoms with E-state index in [2.05, 4.69) is 51.9 Å². The molecular formula is C21H25BrN4O. The van der Waals surface area contributed by atoms with E-state index in [0.29, 0.717) is 18.2 Å². The number of amides is 1. The Morgan fingerprint density at radius 3 is 2.59 bits per heavy atom. The number of carbonyl (C=O) groups excluding carboxylic acids is 1. The summed E-state index contributed by atoms with van der Waals surface area (Å²) >= 11 is 3.45. The van der Waals surface area contributed by atoms with Crippen LogP contribution in [0.5, 0.6) is 0 Å². The molecule has 0 aliphatic rings. The highest BCUT2D eigenvalue weighted by molar-refractivity contribution is 9.10. The Morgan fingerprint density at radius 1 is 1.19 bits per heavy atom. The molecule has 0 radical (unpaired) electrons. The van der Waals surface area contributed by atoms with Gasteiger partial charge < -0.3 is 9.72 Å². The maximum atomic E-state index is 12.4. The SMILES string of the molecule is CCN(Cc1ccc(C(=O)NCc2cn3cc(Br)ccc3n2)cc1)C(C)C. The number of nitrogens with one attached hydrogen (secondary N) is 1. The molecule has 2 heterocycles. The van der Waals surface area contributed by atoms with Crippen LogP contribution in [-0.4, -0.2) is 32.8 Å². The number of hydrogen-bond acceptors (Lipinski definition) is 3. The number of benzene rings is 1. The molecule has 3 rings (SSSR count). The molecule has 0 unspecified atom stereocenters. The third-order valence-corrected chi connectivity index (χ3v) is 5.10. The van der Waals surface area contributed by atoms with Gasteiger partial charge in [0, 0.05) is 35.0 Å². The van der Waals surface area contributed by atoms with Gasteiger partial charge in [-0.05, 0) is 66.2 Å². The molecule has 6 heteroatoms. The molecule has 0 aliphatic carbocycles. The van der Waals surface area contributed by atoms with E-state index in [1.165, 1.54) is 5.56 Å². The molecule has 0 fully saturated rings. The quantitative estimate of drug-likeness (QED) is 0.611. The number of carbonyl (C=O) groups is 1. The minimum Gasteiger partial charge on any atom is -0.346 e. The molecule has 0 saturated carbocycles. The van der Waals surface area contributed by atoms with Crippen LogP contribution in [-0.2, 0) is 13.1 Å². The minimum atomic E-state index is -0.0870. The van der Waals surface area contributed by atoms with Crippen LogP contribution in [0.25, 0.3) is 5.65 Å². The molecule has 1 aromatic carbocycles. The van der Waals surface area contributed by atoms with Crippen LogP contribution >= 0.6 is 15.9 Å². The molecule has 0 bridgehead atoms. The number of imidazole rings is 1. The van der Waals surface area contributed by atoms with Crippen LogP contribution in [0.3, 0.4) is 0 Å². The molecular weight excluding hydrogens is 404 g/mol. The molecule has 0 atom stereocenters. The van der Waals surface area contributed by atoms with E-state index in [0.717, 1.165) is 28.9 Å². The van der Waals surface area contributed by atoms with Crippen molar-refractivity contribution in [1.29, 1.82) is 0 Å². The van der Waals surface area contributed by atoms with Gasteiger partial charge in [0.05, 0.1) is 12.2 Å². The van der Waals surface area contributed by atoms with Gasteiger partial charge in [-0.15, -0.1) is 0 Å². The third kappa shape index (κ3) is 4.96. The molecule has 0 saturated heterocycles. The van der Waals surface area contributed by atoms with Crippen molar-refractivity contribution in [1.82, 2.24) is 19.6 Å².